The van der Waals surface area contributed by atoms with E-state index in [0.29, 0.717) is 0 Å². The zero-order valence-electron chi connectivity index (χ0n) is 10.1. The summed E-state index contributed by atoms with van der Waals surface area (Å²) in [6.07, 6.45) is 0. The highest BCUT2D eigenvalue weighted by atomic mass is 35.8. The van der Waals surface area contributed by atoms with Crippen LogP contribution in [0.1, 0.15) is 0 Å². The van der Waals surface area contributed by atoms with Crippen LogP contribution in [0.15, 0.2) is 39.7 Å². The van der Waals surface area contributed by atoms with Gasteiger partial charge in [0, 0.05) is 16.0 Å². The monoisotopic (exact) mass is 397 g/mol. The fourth-order valence-corrected chi connectivity index (χ4v) is 4.00. The molecule has 0 radical (unpaired) electrons. The topological polar surface area (TPSA) is 26.0 Å². The number of rotatable bonds is 2. The van der Waals surface area contributed by atoms with Gasteiger partial charge in [-0.2, -0.15) is 11.3 Å². The van der Waals surface area contributed by atoms with Gasteiger partial charge in [-0.05, 0) is 45.3 Å². The van der Waals surface area contributed by atoms with Crippen molar-refractivity contribution >= 4 is 79.0 Å². The zero-order chi connectivity index (χ0) is 14.5. The van der Waals surface area contributed by atoms with Crippen LogP contribution in [-0.4, -0.2) is 6.73 Å². The summed E-state index contributed by atoms with van der Waals surface area (Å²) < 4.78 is 0. The van der Waals surface area contributed by atoms with Crippen LogP contribution >= 0.6 is 67.2 Å². The maximum absolute atomic E-state index is 5.98. The van der Waals surface area contributed by atoms with Crippen LogP contribution in [0.2, 0.25) is 0 Å². The summed E-state index contributed by atoms with van der Waals surface area (Å²) in [6, 6.07) is 6.42. The largest absolute Gasteiger partial charge is 0.390 e. The first-order valence-corrected chi connectivity index (χ1v) is 13.4. The maximum Gasteiger partial charge on any atom is 0.326 e. The molecule has 0 aliphatic carbocycles. The Morgan fingerprint density at radius 1 is 0.900 bits per heavy atom. The Morgan fingerprint density at radius 2 is 1.55 bits per heavy atom. The molecule has 3 aromatic heterocycles. The second kappa shape index (κ2) is 7.84. The van der Waals surface area contributed by atoms with Crippen LogP contribution in [0, 0.1) is 0 Å². The van der Waals surface area contributed by atoms with Crippen LogP contribution < -0.4 is 5.73 Å². The summed E-state index contributed by atoms with van der Waals surface area (Å²) in [7, 11) is 0. The van der Waals surface area contributed by atoms with Crippen molar-refractivity contribution in [3.8, 4) is 21.6 Å². The Labute approximate surface area is 145 Å². The molecule has 3 rings (SSSR count). The lowest BCUT2D eigenvalue weighted by Crippen LogP contribution is -1.82. The number of halogens is 3. The summed E-state index contributed by atoms with van der Waals surface area (Å²) in [6.45, 7) is -1.72. The fraction of sp³-hybridized carbons (Fsp3) is 0. The summed E-state index contributed by atoms with van der Waals surface area (Å²) in [4.78, 5) is 1.28. The minimum absolute atomic E-state index is 0.902. The van der Waals surface area contributed by atoms with E-state index < -0.39 is 6.73 Å². The Kier molecular flexibility index (Phi) is 6.41. The lowest BCUT2D eigenvalue weighted by atomic mass is 10.1. The van der Waals surface area contributed by atoms with Gasteiger partial charge >= 0.3 is 6.73 Å². The van der Waals surface area contributed by atoms with Gasteiger partial charge in [-0.3, -0.25) is 0 Å². The van der Waals surface area contributed by atoms with E-state index >= 15 is 0 Å². The van der Waals surface area contributed by atoms with Crippen LogP contribution in [-0.2, 0) is 0 Å². The molecule has 106 valence electrons. The molecule has 2 N–H and O–H groups in total. The minimum Gasteiger partial charge on any atom is -0.390 e. The van der Waals surface area contributed by atoms with E-state index in [0.717, 1.165) is 5.00 Å². The van der Waals surface area contributed by atoms with E-state index in [1.807, 2.05) is 5.38 Å². The zero-order valence-corrected chi connectivity index (χ0v) is 15.9. The first-order chi connectivity index (χ1) is 9.59. The first-order valence-electron chi connectivity index (χ1n) is 5.45. The molecule has 0 unspecified atom stereocenters. The van der Waals surface area contributed by atoms with Crippen molar-refractivity contribution < 1.29 is 0 Å². The quantitative estimate of drug-likeness (QED) is 0.403. The SMILES string of the molecule is Cl[SiH](Cl)Cl.Nc1sccc1-c1sccc1-c1ccsc1. The van der Waals surface area contributed by atoms with Gasteiger partial charge in [-0.15, -0.1) is 55.9 Å². The fourth-order valence-electron chi connectivity index (χ4n) is 1.67. The van der Waals surface area contributed by atoms with Crippen molar-refractivity contribution in [1.82, 2.24) is 0 Å². The molecule has 20 heavy (non-hydrogen) atoms. The third-order valence-corrected chi connectivity index (χ3v) is 4.81. The highest BCUT2D eigenvalue weighted by Gasteiger charge is 2.12. The van der Waals surface area contributed by atoms with Crippen molar-refractivity contribution in [1.29, 1.82) is 0 Å². The Hall–Kier alpha value is -0.0131. The van der Waals surface area contributed by atoms with Crippen molar-refractivity contribution in [3.63, 3.8) is 0 Å². The Bertz CT molecular complexity index is 646. The molecule has 0 aliphatic rings. The number of nitrogens with two attached hydrogens (primary N) is 1. The number of thiophene rings is 3. The second-order valence-electron chi connectivity index (χ2n) is 3.62. The van der Waals surface area contributed by atoms with Gasteiger partial charge in [0.1, 0.15) is 0 Å². The first kappa shape index (κ1) is 16.4. The molecule has 0 atom stereocenters. The van der Waals surface area contributed by atoms with Crippen LogP contribution in [0.3, 0.4) is 0 Å². The maximum atomic E-state index is 5.98. The molecule has 8 heteroatoms. The molecular formula is C12H10Cl3NS3Si. The Morgan fingerprint density at radius 3 is 2.10 bits per heavy atom. The van der Waals surface area contributed by atoms with Crippen LogP contribution in [0.5, 0.6) is 0 Å². The predicted octanol–water partition coefficient (Wildman–Crippen LogP) is 6.21. The molecule has 0 bridgehead atoms. The average molecular weight is 399 g/mol. The van der Waals surface area contributed by atoms with Gasteiger partial charge in [0.25, 0.3) is 0 Å². The molecule has 3 heterocycles. The third kappa shape index (κ3) is 4.24. The molecule has 0 saturated carbocycles. The van der Waals surface area contributed by atoms with Gasteiger partial charge in [0.05, 0.1) is 5.00 Å². The normalized spacial score (nSPS) is 10.4. The number of hydrogen-bond acceptors (Lipinski definition) is 4. The molecule has 0 aliphatic heterocycles. The van der Waals surface area contributed by atoms with E-state index in [1.54, 1.807) is 34.0 Å². The molecule has 3 aromatic rings. The molecule has 0 spiro atoms. The number of nitrogen functional groups attached to an aromatic ring is 1. The number of anilines is 1. The van der Waals surface area contributed by atoms with E-state index in [4.69, 9.17) is 39.0 Å². The molecule has 0 fully saturated rings. The summed E-state index contributed by atoms with van der Waals surface area (Å²) in [5, 5.41) is 9.35. The van der Waals surface area contributed by atoms with Gasteiger partial charge in [0.2, 0.25) is 0 Å². The van der Waals surface area contributed by atoms with E-state index in [-0.39, 0.29) is 0 Å². The lowest BCUT2D eigenvalue weighted by molar-refractivity contribution is 1.79. The highest BCUT2D eigenvalue weighted by molar-refractivity contribution is 7.54. The van der Waals surface area contributed by atoms with Gasteiger partial charge < -0.3 is 5.73 Å². The van der Waals surface area contributed by atoms with Gasteiger partial charge in [-0.25, -0.2) is 0 Å². The third-order valence-electron chi connectivity index (χ3n) is 2.44. The highest BCUT2D eigenvalue weighted by Crippen LogP contribution is 2.41. The van der Waals surface area contributed by atoms with Crippen molar-refractivity contribution in [2.24, 2.45) is 0 Å². The molecular weight excluding hydrogens is 389 g/mol. The van der Waals surface area contributed by atoms with Gasteiger partial charge in [-0.1, -0.05) is 0 Å². The Balaban J connectivity index is 0.000000328. The second-order valence-corrected chi connectivity index (χ2v) is 12.7. The average Bonchev–Trinajstić information content (AvgIpc) is 3.07. The van der Waals surface area contributed by atoms with Gasteiger partial charge in [0.15, 0.2) is 0 Å². The molecule has 0 saturated heterocycles. The van der Waals surface area contributed by atoms with Crippen LogP contribution in [0.25, 0.3) is 21.6 Å². The summed E-state index contributed by atoms with van der Waals surface area (Å²) >= 11 is 19.9. The molecule has 0 aromatic carbocycles. The molecule has 1 nitrogen and oxygen atoms in total. The summed E-state index contributed by atoms with van der Waals surface area (Å²) in [5.74, 6) is 0. The van der Waals surface area contributed by atoms with E-state index in [1.165, 1.54) is 21.6 Å². The number of hydrogen-bond donors (Lipinski definition) is 1. The lowest BCUT2D eigenvalue weighted by Gasteiger charge is -2.00. The predicted molar refractivity (Wildman–Crippen MR) is 100 cm³/mol. The summed E-state index contributed by atoms with van der Waals surface area (Å²) in [5.41, 5.74) is 9.72. The van der Waals surface area contributed by atoms with Crippen LogP contribution in [0.4, 0.5) is 5.00 Å². The smallest absolute Gasteiger partial charge is 0.326 e. The van der Waals surface area contributed by atoms with E-state index in [2.05, 4.69) is 34.3 Å². The minimum atomic E-state index is -1.72. The van der Waals surface area contributed by atoms with Crippen molar-refractivity contribution in [2.75, 3.05) is 5.73 Å². The standard InChI is InChI=1S/C12H9NS3.Cl3HSi/c13-12-10(3-6-16-12)11-9(2-5-15-11)8-1-4-14-7-8;1-4(2)3/h1-7H,13H2;4H. The van der Waals surface area contributed by atoms with Crippen molar-refractivity contribution in [3.05, 3.63) is 39.7 Å². The molecule has 0 amide bonds. The van der Waals surface area contributed by atoms with E-state index in [9.17, 15) is 0 Å². The van der Waals surface area contributed by atoms with Crippen molar-refractivity contribution in [2.45, 2.75) is 0 Å².